The maximum Gasteiger partial charge on any atom is 0.240 e. The lowest BCUT2D eigenvalue weighted by Crippen LogP contribution is -2.26. The number of hydrogen-bond acceptors (Lipinski definition) is 3. The molecule has 1 unspecified atom stereocenters. The lowest BCUT2D eigenvalue weighted by molar-refractivity contribution is 0.519. The molecule has 1 fully saturated rings. The van der Waals surface area contributed by atoms with Crippen LogP contribution in [-0.2, 0) is 16.4 Å². The van der Waals surface area contributed by atoms with E-state index >= 15 is 0 Å². The molecule has 1 heterocycles. The molecular weight excluding hydrogens is 284 g/mol. The first-order valence-electron chi connectivity index (χ1n) is 7.76. The van der Waals surface area contributed by atoms with E-state index in [0.717, 1.165) is 32.4 Å². The Bertz CT molecular complexity index is 532. The fourth-order valence-electron chi connectivity index (χ4n) is 2.72. The van der Waals surface area contributed by atoms with Gasteiger partial charge < -0.3 is 5.32 Å². The van der Waals surface area contributed by atoms with Gasteiger partial charge in [0.05, 0.1) is 4.90 Å². The van der Waals surface area contributed by atoms with Crippen LogP contribution in [0.5, 0.6) is 0 Å². The predicted molar refractivity (Wildman–Crippen MR) is 85.8 cm³/mol. The summed E-state index contributed by atoms with van der Waals surface area (Å²) in [5, 5.41) is 3.30. The first-order valence-corrected chi connectivity index (χ1v) is 9.25. The molecular formula is C16H26N2O2S. The van der Waals surface area contributed by atoms with Gasteiger partial charge in [-0.1, -0.05) is 26.0 Å². The topological polar surface area (TPSA) is 58.2 Å². The summed E-state index contributed by atoms with van der Waals surface area (Å²) in [4.78, 5) is 0.361. The minimum atomic E-state index is -3.37. The average Bonchev–Trinajstić information content (AvgIpc) is 2.91. The van der Waals surface area contributed by atoms with Crippen molar-refractivity contribution in [2.45, 2.75) is 38.0 Å². The molecule has 0 radical (unpaired) electrons. The zero-order valence-electron chi connectivity index (χ0n) is 12.9. The lowest BCUT2D eigenvalue weighted by atomic mass is 10.0. The molecule has 0 spiro atoms. The SMILES string of the molecule is CC(C)Cc1ccc(S(=O)(=O)NCCC2CCNC2)cc1. The van der Waals surface area contributed by atoms with Crippen LogP contribution < -0.4 is 10.0 Å². The van der Waals surface area contributed by atoms with Crippen LogP contribution in [0.3, 0.4) is 0 Å². The van der Waals surface area contributed by atoms with E-state index in [1.54, 1.807) is 12.1 Å². The van der Waals surface area contributed by atoms with E-state index in [1.165, 1.54) is 5.56 Å². The Balaban J connectivity index is 1.88. The van der Waals surface area contributed by atoms with Gasteiger partial charge in [-0.05, 0) is 61.9 Å². The summed E-state index contributed by atoms with van der Waals surface area (Å²) in [5.74, 6) is 1.17. The van der Waals surface area contributed by atoms with Crippen molar-refractivity contribution in [1.82, 2.24) is 10.0 Å². The third-order valence-electron chi connectivity index (χ3n) is 3.88. The summed E-state index contributed by atoms with van der Waals surface area (Å²) in [6.07, 6.45) is 3.02. The monoisotopic (exact) mass is 310 g/mol. The number of hydrogen-bond donors (Lipinski definition) is 2. The van der Waals surface area contributed by atoms with Crippen LogP contribution in [-0.4, -0.2) is 28.1 Å². The third kappa shape index (κ3) is 5.09. The highest BCUT2D eigenvalue weighted by molar-refractivity contribution is 7.89. The van der Waals surface area contributed by atoms with E-state index in [9.17, 15) is 8.42 Å². The van der Waals surface area contributed by atoms with Gasteiger partial charge in [0.1, 0.15) is 0 Å². The average molecular weight is 310 g/mol. The fourth-order valence-corrected chi connectivity index (χ4v) is 3.77. The Morgan fingerprint density at radius 1 is 1.29 bits per heavy atom. The van der Waals surface area contributed by atoms with E-state index in [-0.39, 0.29) is 0 Å². The molecule has 21 heavy (non-hydrogen) atoms. The van der Waals surface area contributed by atoms with Crippen LogP contribution in [0.2, 0.25) is 0 Å². The second kappa shape index (κ2) is 7.38. The Labute approximate surface area is 128 Å². The van der Waals surface area contributed by atoms with E-state index in [4.69, 9.17) is 0 Å². The Morgan fingerprint density at radius 2 is 2.00 bits per heavy atom. The highest BCUT2D eigenvalue weighted by Gasteiger charge is 2.17. The van der Waals surface area contributed by atoms with Gasteiger partial charge in [-0.25, -0.2) is 13.1 Å². The summed E-state index contributed by atoms with van der Waals surface area (Å²) >= 11 is 0. The molecule has 118 valence electrons. The lowest BCUT2D eigenvalue weighted by Gasteiger charge is -2.11. The van der Waals surface area contributed by atoms with Crippen molar-refractivity contribution in [2.75, 3.05) is 19.6 Å². The van der Waals surface area contributed by atoms with Crippen molar-refractivity contribution in [3.8, 4) is 0 Å². The summed E-state index contributed by atoms with van der Waals surface area (Å²) < 4.78 is 27.1. The van der Waals surface area contributed by atoms with E-state index in [2.05, 4.69) is 23.9 Å². The summed E-state index contributed by atoms with van der Waals surface area (Å²) in [5.41, 5.74) is 1.18. The molecule has 0 aliphatic carbocycles. The van der Waals surface area contributed by atoms with Crippen LogP contribution in [0.4, 0.5) is 0 Å². The fraction of sp³-hybridized carbons (Fsp3) is 0.625. The smallest absolute Gasteiger partial charge is 0.240 e. The van der Waals surface area contributed by atoms with Crippen LogP contribution in [0, 0.1) is 11.8 Å². The molecule has 0 aromatic heterocycles. The number of rotatable bonds is 7. The zero-order chi connectivity index (χ0) is 15.3. The maximum atomic E-state index is 12.2. The summed E-state index contributed by atoms with van der Waals surface area (Å²) in [6, 6.07) is 7.24. The number of nitrogens with one attached hydrogen (secondary N) is 2. The molecule has 0 amide bonds. The van der Waals surface area contributed by atoms with Crippen LogP contribution >= 0.6 is 0 Å². The highest BCUT2D eigenvalue weighted by Crippen LogP contribution is 2.15. The first-order chi connectivity index (χ1) is 9.97. The molecule has 1 aromatic rings. The van der Waals surface area contributed by atoms with E-state index in [1.807, 2.05) is 12.1 Å². The molecule has 1 aliphatic heterocycles. The van der Waals surface area contributed by atoms with Crippen LogP contribution in [0.15, 0.2) is 29.2 Å². The van der Waals surface area contributed by atoms with E-state index in [0.29, 0.717) is 23.3 Å². The first kappa shape index (κ1) is 16.5. The molecule has 0 bridgehead atoms. The van der Waals surface area contributed by atoms with Crippen molar-refractivity contribution < 1.29 is 8.42 Å². The second-order valence-electron chi connectivity index (χ2n) is 6.29. The maximum absolute atomic E-state index is 12.2. The van der Waals surface area contributed by atoms with Crippen molar-refractivity contribution in [3.63, 3.8) is 0 Å². The Morgan fingerprint density at radius 3 is 2.57 bits per heavy atom. The normalized spacial score (nSPS) is 19.3. The van der Waals surface area contributed by atoms with Crippen molar-refractivity contribution in [3.05, 3.63) is 29.8 Å². The quantitative estimate of drug-likeness (QED) is 0.811. The minimum absolute atomic E-state index is 0.361. The standard InChI is InChI=1S/C16H26N2O2S/c1-13(2)11-14-3-5-16(6-4-14)21(19,20)18-10-8-15-7-9-17-12-15/h3-6,13,15,17-18H,7-12H2,1-2H3. The molecule has 0 saturated carbocycles. The van der Waals surface area contributed by atoms with Crippen molar-refractivity contribution in [1.29, 1.82) is 0 Å². The second-order valence-corrected chi connectivity index (χ2v) is 8.05. The molecule has 5 heteroatoms. The Hall–Kier alpha value is -0.910. The van der Waals surface area contributed by atoms with Gasteiger partial charge >= 0.3 is 0 Å². The molecule has 1 atom stereocenters. The molecule has 2 rings (SSSR count). The van der Waals surface area contributed by atoms with Gasteiger partial charge in [-0.15, -0.1) is 0 Å². The van der Waals surface area contributed by atoms with Crippen molar-refractivity contribution >= 4 is 10.0 Å². The molecule has 2 N–H and O–H groups in total. The largest absolute Gasteiger partial charge is 0.316 e. The molecule has 1 saturated heterocycles. The van der Waals surface area contributed by atoms with Gasteiger partial charge in [0.15, 0.2) is 0 Å². The number of sulfonamides is 1. The van der Waals surface area contributed by atoms with Crippen LogP contribution in [0.1, 0.15) is 32.3 Å². The van der Waals surface area contributed by atoms with Crippen LogP contribution in [0.25, 0.3) is 0 Å². The third-order valence-corrected chi connectivity index (χ3v) is 5.36. The molecule has 1 aliphatic rings. The Kier molecular flexibility index (Phi) is 5.79. The molecule has 1 aromatic carbocycles. The van der Waals surface area contributed by atoms with Gasteiger partial charge in [0.2, 0.25) is 10.0 Å². The van der Waals surface area contributed by atoms with Gasteiger partial charge in [0, 0.05) is 6.54 Å². The number of benzene rings is 1. The van der Waals surface area contributed by atoms with Gasteiger partial charge in [-0.2, -0.15) is 0 Å². The van der Waals surface area contributed by atoms with Gasteiger partial charge in [0.25, 0.3) is 0 Å². The van der Waals surface area contributed by atoms with E-state index < -0.39 is 10.0 Å². The minimum Gasteiger partial charge on any atom is -0.316 e. The predicted octanol–water partition coefficient (Wildman–Crippen LogP) is 2.16. The summed E-state index contributed by atoms with van der Waals surface area (Å²) in [7, 11) is -3.37. The zero-order valence-corrected chi connectivity index (χ0v) is 13.7. The van der Waals surface area contributed by atoms with Crippen molar-refractivity contribution in [2.24, 2.45) is 11.8 Å². The highest BCUT2D eigenvalue weighted by atomic mass is 32.2. The van der Waals surface area contributed by atoms with Gasteiger partial charge in [-0.3, -0.25) is 0 Å². The molecule has 4 nitrogen and oxygen atoms in total. The summed E-state index contributed by atoms with van der Waals surface area (Å²) in [6.45, 7) is 6.89.